The molecule has 0 atom stereocenters. The molecule has 7 heteroatoms. The molecular formula is C13H12F2N3OS+. The molecule has 1 aromatic carbocycles. The lowest BCUT2D eigenvalue weighted by Gasteiger charge is -2.07. The van der Waals surface area contributed by atoms with Crippen molar-refractivity contribution in [2.75, 3.05) is 0 Å². The van der Waals surface area contributed by atoms with Crippen molar-refractivity contribution >= 4 is 22.2 Å². The van der Waals surface area contributed by atoms with Crippen LogP contribution >= 0.6 is 11.3 Å². The number of aromatic amines is 1. The molecule has 0 aliphatic carbocycles. The SMILES string of the molecule is [NH3+]Cc1cc2c(F)c(F)c(OCc3cscn3)cc2[nH]1. The van der Waals surface area contributed by atoms with Crippen molar-refractivity contribution in [1.82, 2.24) is 9.97 Å². The third-order valence-electron chi connectivity index (χ3n) is 2.95. The third kappa shape index (κ3) is 2.25. The molecule has 0 saturated carbocycles. The quantitative estimate of drug-likeness (QED) is 0.775. The van der Waals surface area contributed by atoms with Crippen LogP contribution in [0.4, 0.5) is 8.78 Å². The fourth-order valence-corrected chi connectivity index (χ4v) is 2.49. The maximum atomic E-state index is 14.0. The van der Waals surface area contributed by atoms with Gasteiger partial charge in [-0.05, 0) is 6.07 Å². The number of quaternary nitrogens is 1. The van der Waals surface area contributed by atoms with Gasteiger partial charge < -0.3 is 15.5 Å². The van der Waals surface area contributed by atoms with Gasteiger partial charge in [0, 0.05) is 16.8 Å². The second-order valence-electron chi connectivity index (χ2n) is 4.28. The van der Waals surface area contributed by atoms with E-state index in [1.807, 2.05) is 0 Å². The zero-order valence-corrected chi connectivity index (χ0v) is 11.3. The van der Waals surface area contributed by atoms with Crippen molar-refractivity contribution in [2.45, 2.75) is 13.2 Å². The predicted octanol–water partition coefficient (Wildman–Crippen LogP) is 2.22. The Morgan fingerprint density at radius 3 is 2.85 bits per heavy atom. The standard InChI is InChI=1S/C13H11F2N3OS/c14-12-9-1-7(3-16)18-10(9)2-11(13(12)15)19-4-8-5-20-6-17-8/h1-2,5-6,18H,3-4,16H2/p+1. The molecule has 0 spiro atoms. The minimum atomic E-state index is -0.984. The predicted molar refractivity (Wildman–Crippen MR) is 71.3 cm³/mol. The number of nitrogens with zero attached hydrogens (tertiary/aromatic N) is 1. The number of hydrogen-bond donors (Lipinski definition) is 2. The Labute approximate surface area is 117 Å². The molecule has 0 bridgehead atoms. The van der Waals surface area contributed by atoms with Gasteiger partial charge in [0.25, 0.3) is 0 Å². The van der Waals surface area contributed by atoms with Crippen LogP contribution in [0.25, 0.3) is 10.9 Å². The molecule has 0 amide bonds. The number of ether oxygens (including phenoxy) is 1. The summed E-state index contributed by atoms with van der Waals surface area (Å²) < 4.78 is 33.2. The molecule has 3 aromatic rings. The van der Waals surface area contributed by atoms with E-state index in [1.165, 1.54) is 17.4 Å². The fraction of sp³-hybridized carbons (Fsp3) is 0.154. The van der Waals surface area contributed by atoms with Crippen LogP contribution in [0.15, 0.2) is 23.0 Å². The van der Waals surface area contributed by atoms with Gasteiger partial charge in [0.15, 0.2) is 11.6 Å². The Balaban J connectivity index is 1.96. The molecule has 4 N–H and O–H groups in total. The lowest BCUT2D eigenvalue weighted by molar-refractivity contribution is -0.387. The Morgan fingerprint density at radius 2 is 2.15 bits per heavy atom. The summed E-state index contributed by atoms with van der Waals surface area (Å²) in [5.74, 6) is -2.02. The average molecular weight is 296 g/mol. The summed E-state index contributed by atoms with van der Waals surface area (Å²) in [6, 6.07) is 3.02. The van der Waals surface area contributed by atoms with Crippen LogP contribution in [0, 0.1) is 11.6 Å². The lowest BCUT2D eigenvalue weighted by atomic mass is 10.2. The Kier molecular flexibility index (Phi) is 3.37. The molecule has 0 aliphatic rings. The number of aromatic nitrogens is 2. The maximum Gasteiger partial charge on any atom is 0.201 e. The zero-order chi connectivity index (χ0) is 14.1. The Morgan fingerprint density at radius 1 is 1.30 bits per heavy atom. The summed E-state index contributed by atoms with van der Waals surface area (Å²) in [5, 5.41) is 2.00. The van der Waals surface area contributed by atoms with Crippen molar-refractivity contribution in [3.63, 3.8) is 0 Å². The molecule has 4 nitrogen and oxygen atoms in total. The summed E-state index contributed by atoms with van der Waals surface area (Å²) in [4.78, 5) is 7.01. The summed E-state index contributed by atoms with van der Waals surface area (Å²) in [7, 11) is 0. The molecule has 2 heterocycles. The molecule has 0 radical (unpaired) electrons. The highest BCUT2D eigenvalue weighted by Crippen LogP contribution is 2.29. The largest absolute Gasteiger partial charge is 0.484 e. The van der Waals surface area contributed by atoms with Gasteiger partial charge in [-0.3, -0.25) is 0 Å². The van der Waals surface area contributed by atoms with Crippen molar-refractivity contribution in [2.24, 2.45) is 0 Å². The first kappa shape index (κ1) is 13.0. The van der Waals surface area contributed by atoms with Gasteiger partial charge in [-0.15, -0.1) is 11.3 Å². The third-order valence-corrected chi connectivity index (χ3v) is 3.59. The van der Waals surface area contributed by atoms with Crippen molar-refractivity contribution < 1.29 is 19.3 Å². The van der Waals surface area contributed by atoms with Crippen LogP contribution in [0.5, 0.6) is 5.75 Å². The molecular weight excluding hydrogens is 284 g/mol. The van der Waals surface area contributed by atoms with Crippen LogP contribution in [0.3, 0.4) is 0 Å². The zero-order valence-electron chi connectivity index (χ0n) is 10.5. The Hall–Kier alpha value is -1.99. The highest BCUT2D eigenvalue weighted by molar-refractivity contribution is 7.07. The highest BCUT2D eigenvalue weighted by atomic mass is 32.1. The Bertz CT molecular complexity index is 740. The average Bonchev–Trinajstić information content (AvgIpc) is 3.10. The molecule has 2 aromatic heterocycles. The van der Waals surface area contributed by atoms with E-state index in [0.29, 0.717) is 17.8 Å². The van der Waals surface area contributed by atoms with Crippen LogP contribution in [-0.4, -0.2) is 9.97 Å². The van der Waals surface area contributed by atoms with E-state index in [1.54, 1.807) is 17.0 Å². The fourth-order valence-electron chi connectivity index (χ4n) is 1.94. The van der Waals surface area contributed by atoms with Crippen molar-refractivity contribution in [3.05, 3.63) is 46.0 Å². The first-order valence-electron chi connectivity index (χ1n) is 5.97. The molecule has 104 valence electrons. The van der Waals surface area contributed by atoms with Crippen LogP contribution in [0.2, 0.25) is 0 Å². The summed E-state index contributed by atoms with van der Waals surface area (Å²) in [6.07, 6.45) is 0. The van der Waals surface area contributed by atoms with E-state index in [-0.39, 0.29) is 17.7 Å². The van der Waals surface area contributed by atoms with E-state index in [4.69, 9.17) is 4.74 Å². The number of H-pyrrole nitrogens is 1. The van der Waals surface area contributed by atoms with Crippen LogP contribution in [-0.2, 0) is 13.2 Å². The normalized spacial score (nSPS) is 11.2. The number of rotatable bonds is 4. The van der Waals surface area contributed by atoms with Crippen LogP contribution < -0.4 is 10.5 Å². The number of fused-ring (bicyclic) bond motifs is 1. The van der Waals surface area contributed by atoms with Crippen LogP contribution in [0.1, 0.15) is 11.4 Å². The van der Waals surface area contributed by atoms with Gasteiger partial charge in [-0.1, -0.05) is 0 Å². The number of hydrogen-bond acceptors (Lipinski definition) is 3. The van der Waals surface area contributed by atoms with Gasteiger partial charge in [0.2, 0.25) is 5.82 Å². The summed E-state index contributed by atoms with van der Waals surface area (Å²) in [5.41, 5.74) is 7.29. The summed E-state index contributed by atoms with van der Waals surface area (Å²) in [6.45, 7) is 0.582. The van der Waals surface area contributed by atoms with Gasteiger partial charge in [-0.2, -0.15) is 4.39 Å². The molecule has 0 unspecified atom stereocenters. The lowest BCUT2D eigenvalue weighted by Crippen LogP contribution is -2.47. The van der Waals surface area contributed by atoms with E-state index in [9.17, 15) is 8.78 Å². The minimum Gasteiger partial charge on any atom is -0.484 e. The van der Waals surface area contributed by atoms with E-state index in [2.05, 4.69) is 15.7 Å². The van der Waals surface area contributed by atoms with Crippen molar-refractivity contribution in [3.8, 4) is 5.75 Å². The second kappa shape index (κ2) is 5.18. The number of thiazole rings is 1. The minimum absolute atomic E-state index is 0.105. The van der Waals surface area contributed by atoms with Gasteiger partial charge in [0.05, 0.1) is 22.4 Å². The number of halogens is 2. The topological polar surface area (TPSA) is 65.6 Å². The monoisotopic (exact) mass is 296 g/mol. The molecule has 20 heavy (non-hydrogen) atoms. The van der Waals surface area contributed by atoms with Gasteiger partial charge in [-0.25, -0.2) is 9.37 Å². The first-order valence-corrected chi connectivity index (χ1v) is 6.92. The first-order chi connectivity index (χ1) is 9.69. The molecule has 0 fully saturated rings. The molecule has 0 aliphatic heterocycles. The van der Waals surface area contributed by atoms with E-state index in [0.717, 1.165) is 5.69 Å². The summed E-state index contributed by atoms with van der Waals surface area (Å²) >= 11 is 1.42. The maximum absolute atomic E-state index is 14.0. The van der Waals surface area contributed by atoms with Gasteiger partial charge >= 0.3 is 0 Å². The van der Waals surface area contributed by atoms with Gasteiger partial charge in [0.1, 0.15) is 13.2 Å². The molecule has 0 saturated heterocycles. The number of benzene rings is 1. The van der Waals surface area contributed by atoms with E-state index >= 15 is 0 Å². The highest BCUT2D eigenvalue weighted by Gasteiger charge is 2.17. The molecule has 3 rings (SSSR count). The van der Waals surface area contributed by atoms with E-state index < -0.39 is 11.6 Å². The smallest absolute Gasteiger partial charge is 0.201 e. The second-order valence-corrected chi connectivity index (χ2v) is 5.00. The number of nitrogens with one attached hydrogen (secondary N) is 1. The van der Waals surface area contributed by atoms with Crippen molar-refractivity contribution in [1.29, 1.82) is 0 Å².